The molecule has 0 atom stereocenters. The third kappa shape index (κ3) is 16.3. The van der Waals surface area contributed by atoms with Crippen LogP contribution in [0.3, 0.4) is 0 Å². The molecule has 2 aromatic rings. The average molecular weight is 749 g/mol. The molecule has 2 aliphatic heterocycles. The second-order valence-corrected chi connectivity index (χ2v) is 16.0. The number of nitrogens with zero attached hydrogens (tertiary/aromatic N) is 3. The molecule has 4 rings (SSSR count). The summed E-state index contributed by atoms with van der Waals surface area (Å²) in [6.07, 6.45) is -0.325. The topological polar surface area (TPSA) is 119 Å². The minimum Gasteiger partial charge on any atom is -0.478 e. The standard InChI is InChI=1S/C22H33FN2O5.C17H25FN2O3/c1-21(2,3)29-18(26)15-28-19-16(8-7-9-17(19)23)14-24-10-12-25(13-11-24)20(27)30-22(4,5)6;1-17(2,3)23-15(21)12-22-16-13(5-4-6-14(16)18)11-20-9-7-19-8-10-20/h7-9H,10-15H2,1-6H3;4-6,19H,7-12H2,1-3H3. The Morgan fingerprint density at radius 3 is 1.40 bits per heavy atom. The molecular weight excluding hydrogens is 690 g/mol. The Hall–Kier alpha value is -4.01. The Morgan fingerprint density at radius 1 is 0.604 bits per heavy atom. The van der Waals surface area contributed by atoms with Crippen LogP contribution in [-0.4, -0.2) is 115 Å². The van der Waals surface area contributed by atoms with E-state index >= 15 is 0 Å². The number of halogens is 2. The molecule has 2 saturated heterocycles. The quantitative estimate of drug-likeness (QED) is 0.244. The Bertz CT molecular complexity index is 1510. The molecular formula is C39H58F2N4O8. The van der Waals surface area contributed by atoms with E-state index < -0.39 is 40.4 Å². The van der Waals surface area contributed by atoms with Crippen LogP contribution in [0.1, 0.15) is 73.4 Å². The van der Waals surface area contributed by atoms with Crippen molar-refractivity contribution in [3.63, 3.8) is 0 Å². The summed E-state index contributed by atoms with van der Waals surface area (Å²) in [6.45, 7) is 22.5. The molecule has 12 nitrogen and oxygen atoms in total. The van der Waals surface area contributed by atoms with Crippen molar-refractivity contribution in [1.29, 1.82) is 0 Å². The van der Waals surface area contributed by atoms with Gasteiger partial charge in [-0.3, -0.25) is 9.80 Å². The molecule has 2 aliphatic rings. The summed E-state index contributed by atoms with van der Waals surface area (Å²) in [5.74, 6) is -1.85. The summed E-state index contributed by atoms with van der Waals surface area (Å²) in [5, 5.41) is 3.28. The molecule has 1 N–H and O–H groups in total. The van der Waals surface area contributed by atoms with E-state index in [9.17, 15) is 23.2 Å². The monoisotopic (exact) mass is 748 g/mol. The van der Waals surface area contributed by atoms with E-state index in [1.165, 1.54) is 12.1 Å². The van der Waals surface area contributed by atoms with Crippen molar-refractivity contribution < 1.29 is 46.8 Å². The first-order chi connectivity index (χ1) is 24.7. The fourth-order valence-corrected chi connectivity index (χ4v) is 5.45. The van der Waals surface area contributed by atoms with Crippen LogP contribution in [-0.2, 0) is 36.9 Å². The number of benzene rings is 2. The molecule has 2 heterocycles. The van der Waals surface area contributed by atoms with Crippen molar-refractivity contribution in [1.82, 2.24) is 20.0 Å². The first-order valence-corrected chi connectivity index (χ1v) is 18.1. The fraction of sp³-hybridized carbons (Fsp3) is 0.615. The molecule has 0 bridgehead atoms. The minimum atomic E-state index is -0.633. The summed E-state index contributed by atoms with van der Waals surface area (Å²) in [7, 11) is 0. The normalized spacial score (nSPS) is 15.9. The van der Waals surface area contributed by atoms with Crippen molar-refractivity contribution in [2.24, 2.45) is 0 Å². The Morgan fingerprint density at radius 2 is 1.00 bits per heavy atom. The van der Waals surface area contributed by atoms with Crippen molar-refractivity contribution in [3.05, 3.63) is 59.2 Å². The highest BCUT2D eigenvalue weighted by molar-refractivity contribution is 5.72. The zero-order valence-corrected chi connectivity index (χ0v) is 32.8. The molecule has 0 spiro atoms. The van der Waals surface area contributed by atoms with Gasteiger partial charge in [0.05, 0.1) is 0 Å². The lowest BCUT2D eigenvalue weighted by Gasteiger charge is -2.35. The fourth-order valence-electron chi connectivity index (χ4n) is 5.45. The number of piperazine rings is 2. The smallest absolute Gasteiger partial charge is 0.410 e. The first-order valence-electron chi connectivity index (χ1n) is 18.1. The SMILES string of the molecule is CC(C)(C)OC(=O)COc1c(F)cccc1CN1CCN(C(=O)OC(C)(C)C)CC1.CC(C)(C)OC(=O)COc1c(F)cccc1CN1CCNCC1. The van der Waals surface area contributed by atoms with Crippen LogP contribution in [0.5, 0.6) is 11.5 Å². The Balaban J connectivity index is 0.000000295. The van der Waals surface area contributed by atoms with Gasteiger partial charge in [-0.2, -0.15) is 0 Å². The highest BCUT2D eigenvalue weighted by Crippen LogP contribution is 2.26. The third-order valence-electron chi connectivity index (χ3n) is 7.63. The number of nitrogens with one attached hydrogen (secondary N) is 1. The van der Waals surface area contributed by atoms with Crippen molar-refractivity contribution in [3.8, 4) is 11.5 Å². The average Bonchev–Trinajstić information content (AvgIpc) is 3.03. The Kier molecular flexibility index (Phi) is 15.8. The van der Waals surface area contributed by atoms with Gasteiger partial charge in [-0.25, -0.2) is 23.2 Å². The number of amides is 1. The number of hydrogen-bond donors (Lipinski definition) is 1. The van der Waals surface area contributed by atoms with Gasteiger partial charge in [0.15, 0.2) is 36.3 Å². The number of carbonyl (C=O) groups excluding carboxylic acids is 3. The van der Waals surface area contributed by atoms with Crippen molar-refractivity contribution in [2.75, 3.05) is 65.6 Å². The largest absolute Gasteiger partial charge is 0.478 e. The number of ether oxygens (including phenoxy) is 5. The summed E-state index contributed by atoms with van der Waals surface area (Å²) in [4.78, 5) is 41.9. The lowest BCUT2D eigenvalue weighted by molar-refractivity contribution is -0.158. The van der Waals surface area contributed by atoms with Gasteiger partial charge in [-0.1, -0.05) is 24.3 Å². The van der Waals surface area contributed by atoms with E-state index in [2.05, 4.69) is 15.1 Å². The lowest BCUT2D eigenvalue weighted by atomic mass is 10.1. The molecule has 1 amide bonds. The van der Waals surface area contributed by atoms with Gasteiger partial charge in [0.1, 0.15) is 16.8 Å². The van der Waals surface area contributed by atoms with Crippen LogP contribution in [0.2, 0.25) is 0 Å². The molecule has 14 heteroatoms. The summed E-state index contributed by atoms with van der Waals surface area (Å²) < 4.78 is 55.1. The van der Waals surface area contributed by atoms with E-state index in [-0.39, 0.29) is 30.8 Å². The maximum atomic E-state index is 14.4. The van der Waals surface area contributed by atoms with Gasteiger partial charge >= 0.3 is 18.0 Å². The van der Waals surface area contributed by atoms with Gasteiger partial charge < -0.3 is 33.9 Å². The second-order valence-electron chi connectivity index (χ2n) is 16.0. The van der Waals surface area contributed by atoms with Crippen molar-refractivity contribution in [2.45, 2.75) is 92.2 Å². The molecule has 0 aromatic heterocycles. The molecule has 2 fully saturated rings. The molecule has 296 valence electrons. The van der Waals surface area contributed by atoms with Crippen LogP contribution in [0.25, 0.3) is 0 Å². The molecule has 53 heavy (non-hydrogen) atoms. The first kappa shape index (κ1) is 43.4. The maximum absolute atomic E-state index is 14.4. The number of hydrogen-bond acceptors (Lipinski definition) is 11. The number of carbonyl (C=O) groups is 3. The van der Waals surface area contributed by atoms with E-state index in [4.69, 9.17) is 23.7 Å². The third-order valence-corrected chi connectivity index (χ3v) is 7.63. The molecule has 0 aliphatic carbocycles. The van der Waals surface area contributed by atoms with Crippen molar-refractivity contribution >= 4 is 18.0 Å². The van der Waals surface area contributed by atoms with Crippen LogP contribution in [0, 0.1) is 11.6 Å². The van der Waals surface area contributed by atoms with E-state index in [1.807, 2.05) is 26.8 Å². The highest BCUT2D eigenvalue weighted by Gasteiger charge is 2.27. The van der Waals surface area contributed by atoms with E-state index in [1.54, 1.807) is 64.6 Å². The second kappa shape index (κ2) is 19.4. The van der Waals surface area contributed by atoms with Gasteiger partial charge in [0, 0.05) is 76.6 Å². The number of para-hydroxylation sites is 2. The minimum absolute atomic E-state index is 0.0536. The van der Waals surface area contributed by atoms with Crippen LogP contribution >= 0.6 is 0 Å². The molecule has 0 saturated carbocycles. The van der Waals surface area contributed by atoms with Crippen LogP contribution in [0.4, 0.5) is 13.6 Å². The molecule has 2 aromatic carbocycles. The molecule has 0 radical (unpaired) electrons. The van der Waals surface area contributed by atoms with Crippen LogP contribution in [0.15, 0.2) is 36.4 Å². The number of esters is 2. The number of rotatable bonds is 10. The zero-order chi connectivity index (χ0) is 39.4. The van der Waals surface area contributed by atoms with Gasteiger partial charge in [-0.05, 0) is 74.4 Å². The van der Waals surface area contributed by atoms with Crippen LogP contribution < -0.4 is 14.8 Å². The summed E-state index contributed by atoms with van der Waals surface area (Å²) in [5.41, 5.74) is -0.360. The Labute approximate surface area is 313 Å². The maximum Gasteiger partial charge on any atom is 0.410 e. The zero-order valence-electron chi connectivity index (χ0n) is 32.8. The van der Waals surface area contributed by atoms with Gasteiger partial charge in [-0.15, -0.1) is 0 Å². The predicted molar refractivity (Wildman–Crippen MR) is 197 cm³/mol. The van der Waals surface area contributed by atoms with Gasteiger partial charge in [0.2, 0.25) is 0 Å². The van der Waals surface area contributed by atoms with E-state index in [0.29, 0.717) is 44.8 Å². The van der Waals surface area contributed by atoms with E-state index in [0.717, 1.165) is 31.7 Å². The highest BCUT2D eigenvalue weighted by atomic mass is 19.1. The molecule has 0 unspecified atom stereocenters. The lowest BCUT2D eigenvalue weighted by Crippen LogP contribution is -2.49. The summed E-state index contributed by atoms with van der Waals surface area (Å²) in [6, 6.07) is 9.51. The predicted octanol–water partition coefficient (Wildman–Crippen LogP) is 5.55. The van der Waals surface area contributed by atoms with Gasteiger partial charge in [0.25, 0.3) is 0 Å². The summed E-state index contributed by atoms with van der Waals surface area (Å²) >= 11 is 0.